The lowest BCUT2D eigenvalue weighted by Crippen LogP contribution is -2.71. The molecule has 5 unspecified atom stereocenters. The van der Waals surface area contributed by atoms with Gasteiger partial charge < -0.3 is 9.84 Å². The van der Waals surface area contributed by atoms with E-state index in [9.17, 15) is 9.90 Å². The van der Waals surface area contributed by atoms with Crippen molar-refractivity contribution in [2.45, 2.75) is 71.5 Å². The third kappa shape index (κ3) is 1.85. The van der Waals surface area contributed by atoms with Gasteiger partial charge in [0.1, 0.15) is 5.60 Å². The Bertz CT molecular complexity index is 438. The van der Waals surface area contributed by atoms with Crippen molar-refractivity contribution in [2.24, 2.45) is 29.1 Å². The van der Waals surface area contributed by atoms with Gasteiger partial charge in [-0.15, -0.1) is 0 Å². The van der Waals surface area contributed by atoms with Crippen LogP contribution in [0.2, 0.25) is 0 Å². The second-order valence-electron chi connectivity index (χ2n) is 8.69. The fourth-order valence-corrected chi connectivity index (χ4v) is 4.74. The van der Waals surface area contributed by atoms with Gasteiger partial charge in [-0.3, -0.25) is 4.79 Å². The third-order valence-electron chi connectivity index (χ3n) is 6.48. The highest BCUT2D eigenvalue weighted by Gasteiger charge is 2.70. The molecule has 3 rings (SSSR count). The molecule has 3 fully saturated rings. The van der Waals surface area contributed by atoms with Crippen molar-refractivity contribution in [3.63, 3.8) is 0 Å². The first-order chi connectivity index (χ1) is 9.07. The molecule has 20 heavy (non-hydrogen) atoms. The molecule has 5 atom stereocenters. The number of ether oxygens (including phenoxy) is 1. The Hall–Kier alpha value is -0.570. The molecule has 3 nitrogen and oxygen atoms in total. The lowest BCUT2D eigenvalue weighted by Gasteiger charge is -2.69. The third-order valence-corrected chi connectivity index (χ3v) is 6.48. The fourth-order valence-electron chi connectivity index (χ4n) is 4.74. The molecule has 0 bridgehead atoms. The highest BCUT2D eigenvalue weighted by Crippen LogP contribution is 2.68. The molecule has 1 N–H and O–H groups in total. The molecular formula is C17H28O3. The first-order valence-electron chi connectivity index (χ1n) is 8.03. The summed E-state index contributed by atoms with van der Waals surface area (Å²) in [6.45, 7) is 9.95. The van der Waals surface area contributed by atoms with E-state index in [2.05, 4.69) is 13.8 Å². The molecule has 0 amide bonds. The van der Waals surface area contributed by atoms with Crippen LogP contribution in [0.3, 0.4) is 0 Å². The maximum atomic E-state index is 12.6. The predicted molar refractivity (Wildman–Crippen MR) is 77.0 cm³/mol. The van der Waals surface area contributed by atoms with Crippen LogP contribution in [0.4, 0.5) is 0 Å². The van der Waals surface area contributed by atoms with Crippen molar-refractivity contribution in [2.75, 3.05) is 0 Å². The molecular weight excluding hydrogens is 252 g/mol. The smallest absolute Gasteiger partial charge is 0.312 e. The summed E-state index contributed by atoms with van der Waals surface area (Å²) in [6, 6.07) is 0. The molecule has 3 heteroatoms. The Morgan fingerprint density at radius 3 is 2.45 bits per heavy atom. The van der Waals surface area contributed by atoms with Crippen molar-refractivity contribution >= 4 is 5.97 Å². The van der Waals surface area contributed by atoms with Crippen LogP contribution in [0, 0.1) is 29.1 Å². The average Bonchev–Trinajstić information content (AvgIpc) is 2.22. The molecule has 3 aliphatic rings. The number of esters is 1. The molecule has 0 radical (unpaired) electrons. The molecule has 0 aliphatic heterocycles. The first kappa shape index (κ1) is 14.4. The van der Waals surface area contributed by atoms with Crippen molar-refractivity contribution in [3.8, 4) is 0 Å². The minimum atomic E-state index is -0.672. The number of hydrogen-bond donors (Lipinski definition) is 1. The predicted octanol–water partition coefficient (Wildman–Crippen LogP) is 3.15. The van der Waals surface area contributed by atoms with Crippen LogP contribution >= 0.6 is 0 Å². The lowest BCUT2D eigenvalue weighted by atomic mass is 9.39. The topological polar surface area (TPSA) is 46.5 Å². The van der Waals surface area contributed by atoms with Gasteiger partial charge in [-0.2, -0.15) is 0 Å². The van der Waals surface area contributed by atoms with E-state index in [1.807, 2.05) is 20.8 Å². The van der Waals surface area contributed by atoms with Gasteiger partial charge in [0.05, 0.1) is 11.0 Å². The quantitative estimate of drug-likeness (QED) is 0.808. The van der Waals surface area contributed by atoms with E-state index in [4.69, 9.17) is 4.74 Å². The van der Waals surface area contributed by atoms with Crippen molar-refractivity contribution < 1.29 is 14.6 Å². The molecule has 0 aromatic heterocycles. The SMILES string of the molecule is CC(C)C(C)(C)C(=O)OC12CC3CC(CC(C)(O)C1)C32. The minimum absolute atomic E-state index is 0.0886. The Labute approximate surface area is 122 Å². The van der Waals surface area contributed by atoms with E-state index >= 15 is 0 Å². The Morgan fingerprint density at radius 1 is 1.30 bits per heavy atom. The zero-order valence-corrected chi connectivity index (χ0v) is 13.4. The number of rotatable bonds is 3. The summed E-state index contributed by atoms with van der Waals surface area (Å²) in [5.41, 5.74) is -1.49. The number of carbonyl (C=O) groups excluding carboxylic acids is 1. The van der Waals surface area contributed by atoms with Gasteiger partial charge in [-0.1, -0.05) is 13.8 Å². The Balaban J connectivity index is 1.78. The van der Waals surface area contributed by atoms with Crippen molar-refractivity contribution in [3.05, 3.63) is 0 Å². The van der Waals surface area contributed by atoms with Gasteiger partial charge in [0.2, 0.25) is 0 Å². The summed E-state index contributed by atoms with van der Waals surface area (Å²) in [6.07, 6.45) is 3.68. The van der Waals surface area contributed by atoms with Crippen LogP contribution in [0.1, 0.15) is 60.3 Å². The van der Waals surface area contributed by atoms with Crippen LogP contribution in [0.15, 0.2) is 0 Å². The number of aliphatic hydroxyl groups is 1. The van der Waals surface area contributed by atoms with E-state index in [0.29, 0.717) is 18.3 Å². The summed E-state index contributed by atoms with van der Waals surface area (Å²) in [5, 5.41) is 10.5. The zero-order chi connectivity index (χ0) is 14.9. The van der Waals surface area contributed by atoms with E-state index in [-0.39, 0.29) is 17.5 Å². The maximum Gasteiger partial charge on any atom is 0.312 e. The van der Waals surface area contributed by atoms with Crippen LogP contribution in [0.5, 0.6) is 0 Å². The van der Waals surface area contributed by atoms with Gasteiger partial charge in [0.15, 0.2) is 0 Å². The summed E-state index contributed by atoms with van der Waals surface area (Å²) in [5.74, 6) is 1.99. The van der Waals surface area contributed by atoms with Crippen LogP contribution in [0.25, 0.3) is 0 Å². The van der Waals surface area contributed by atoms with Crippen molar-refractivity contribution in [1.29, 1.82) is 0 Å². The maximum absolute atomic E-state index is 12.6. The molecule has 0 heterocycles. The Morgan fingerprint density at radius 2 is 1.90 bits per heavy atom. The molecule has 0 aromatic rings. The molecule has 0 aromatic carbocycles. The molecule has 0 saturated heterocycles. The molecule has 0 spiro atoms. The normalized spacial score (nSPS) is 46.2. The van der Waals surface area contributed by atoms with Gasteiger partial charge >= 0.3 is 5.97 Å². The highest BCUT2D eigenvalue weighted by molar-refractivity contribution is 5.77. The standard InChI is InChI=1S/C17H28O3/c1-10(2)15(3,4)14(18)20-17-8-12-6-11(13(12)17)7-16(5,19)9-17/h10-13,19H,6-9H2,1-5H3. The van der Waals surface area contributed by atoms with Gasteiger partial charge in [-0.25, -0.2) is 0 Å². The monoisotopic (exact) mass is 280 g/mol. The lowest BCUT2D eigenvalue weighted by molar-refractivity contribution is -0.292. The second-order valence-corrected chi connectivity index (χ2v) is 8.69. The van der Waals surface area contributed by atoms with Crippen LogP contribution in [-0.2, 0) is 9.53 Å². The number of hydrogen-bond acceptors (Lipinski definition) is 3. The first-order valence-corrected chi connectivity index (χ1v) is 8.03. The van der Waals surface area contributed by atoms with Gasteiger partial charge in [-0.05, 0) is 57.8 Å². The van der Waals surface area contributed by atoms with Crippen LogP contribution < -0.4 is 0 Å². The van der Waals surface area contributed by atoms with Gasteiger partial charge in [0, 0.05) is 12.3 Å². The second kappa shape index (κ2) is 4.00. The summed E-state index contributed by atoms with van der Waals surface area (Å²) >= 11 is 0. The number of carbonyl (C=O) groups is 1. The van der Waals surface area contributed by atoms with E-state index in [1.54, 1.807) is 0 Å². The van der Waals surface area contributed by atoms with Crippen LogP contribution in [-0.4, -0.2) is 22.3 Å². The molecule has 114 valence electrons. The van der Waals surface area contributed by atoms with Crippen molar-refractivity contribution in [1.82, 2.24) is 0 Å². The van der Waals surface area contributed by atoms with E-state index < -0.39 is 11.0 Å². The Kier molecular flexibility index (Phi) is 2.87. The van der Waals surface area contributed by atoms with Gasteiger partial charge in [0.25, 0.3) is 0 Å². The molecule has 3 saturated carbocycles. The zero-order valence-electron chi connectivity index (χ0n) is 13.4. The van der Waals surface area contributed by atoms with E-state index in [1.165, 1.54) is 6.42 Å². The largest absolute Gasteiger partial charge is 0.458 e. The molecule has 3 aliphatic carbocycles. The fraction of sp³-hybridized carbons (Fsp3) is 0.941. The highest BCUT2D eigenvalue weighted by atomic mass is 16.6. The van der Waals surface area contributed by atoms with E-state index in [0.717, 1.165) is 18.8 Å². The summed E-state index contributed by atoms with van der Waals surface area (Å²) in [7, 11) is 0. The summed E-state index contributed by atoms with van der Waals surface area (Å²) < 4.78 is 6.04. The minimum Gasteiger partial charge on any atom is -0.458 e. The summed E-state index contributed by atoms with van der Waals surface area (Å²) in [4.78, 5) is 12.6. The average molecular weight is 280 g/mol.